The van der Waals surface area contributed by atoms with E-state index in [0.717, 1.165) is 0 Å². The molecule has 148 valence electrons. The zero-order chi connectivity index (χ0) is 20.4. The lowest BCUT2D eigenvalue weighted by atomic mass is 10.2. The lowest BCUT2D eigenvalue weighted by molar-refractivity contribution is 0.319. The number of benzene rings is 1. The first-order chi connectivity index (χ1) is 14.0. The monoisotopic (exact) mass is 416 g/mol. The van der Waals surface area contributed by atoms with Crippen LogP contribution in [0.15, 0.2) is 40.1 Å². The molecule has 4 N–H and O–H groups in total. The van der Waals surface area contributed by atoms with Crippen molar-refractivity contribution in [3.63, 3.8) is 0 Å². The van der Waals surface area contributed by atoms with Crippen molar-refractivity contribution < 1.29 is 14.1 Å². The summed E-state index contributed by atoms with van der Waals surface area (Å²) in [6.45, 7) is 1.99. The summed E-state index contributed by atoms with van der Waals surface area (Å²) in [5.41, 5.74) is 1.85. The molecule has 0 aliphatic heterocycles. The van der Waals surface area contributed by atoms with Gasteiger partial charge in [-0.3, -0.25) is 0 Å². The molecular formula is C17H14ClFN8O2. The fraction of sp³-hybridized carbons (Fsp3) is 0.118. The Kier molecular flexibility index (Phi) is 4.96. The van der Waals surface area contributed by atoms with Crippen molar-refractivity contribution in [2.45, 2.75) is 13.5 Å². The number of aromatic amines is 1. The molecule has 10 nitrogen and oxygen atoms in total. The average Bonchev–Trinajstić information content (AvgIpc) is 3.32. The van der Waals surface area contributed by atoms with E-state index in [2.05, 4.69) is 40.9 Å². The molecule has 0 aliphatic rings. The zero-order valence-corrected chi connectivity index (χ0v) is 15.7. The Balaban J connectivity index is 1.60. The van der Waals surface area contributed by atoms with Gasteiger partial charge in [-0.05, 0) is 31.2 Å². The van der Waals surface area contributed by atoms with Crippen LogP contribution in [0.25, 0.3) is 11.2 Å². The Hall–Kier alpha value is -3.73. The molecule has 4 rings (SSSR count). The Morgan fingerprint density at radius 3 is 2.93 bits per heavy atom. The largest absolute Gasteiger partial charge is 0.409 e. The molecule has 3 heterocycles. The summed E-state index contributed by atoms with van der Waals surface area (Å²) in [4.78, 5) is 15.7. The molecule has 0 saturated carbocycles. The topological polar surface area (TPSA) is 137 Å². The predicted octanol–water partition coefficient (Wildman–Crippen LogP) is 3.30. The lowest BCUT2D eigenvalue weighted by Crippen LogP contribution is -2.14. The second-order valence-corrected chi connectivity index (χ2v) is 6.34. The first kappa shape index (κ1) is 18.6. The van der Waals surface area contributed by atoms with Gasteiger partial charge in [0.1, 0.15) is 5.82 Å². The third-order valence-corrected chi connectivity index (χ3v) is 4.20. The summed E-state index contributed by atoms with van der Waals surface area (Å²) in [6.07, 6.45) is 1.52. The van der Waals surface area contributed by atoms with Gasteiger partial charge in [0.15, 0.2) is 17.3 Å². The number of rotatable bonds is 5. The summed E-state index contributed by atoms with van der Waals surface area (Å²) in [6, 6.07) is 5.70. The first-order valence-electron chi connectivity index (χ1n) is 8.36. The number of H-pyrrole nitrogens is 1. The number of nitrogens with one attached hydrogen (secondary N) is 3. The number of imidazole rings is 1. The highest BCUT2D eigenvalue weighted by Crippen LogP contribution is 2.22. The van der Waals surface area contributed by atoms with E-state index in [0.29, 0.717) is 40.1 Å². The van der Waals surface area contributed by atoms with Crippen LogP contribution in [0.3, 0.4) is 0 Å². The first-order valence-corrected chi connectivity index (χ1v) is 8.73. The van der Waals surface area contributed by atoms with Crippen LogP contribution in [0.4, 0.5) is 16.0 Å². The fourth-order valence-electron chi connectivity index (χ4n) is 2.62. The number of aromatic nitrogens is 5. The van der Waals surface area contributed by atoms with Gasteiger partial charge in [-0.1, -0.05) is 21.9 Å². The molecular weight excluding hydrogens is 403 g/mol. The minimum absolute atomic E-state index is 0.0588. The van der Waals surface area contributed by atoms with E-state index in [1.165, 1.54) is 24.4 Å². The number of nitrogens with zero attached hydrogens (tertiary/aromatic N) is 5. The van der Waals surface area contributed by atoms with E-state index in [-0.39, 0.29) is 17.4 Å². The quantitative estimate of drug-likeness (QED) is 0.168. The molecule has 0 bridgehead atoms. The molecule has 0 atom stereocenters. The van der Waals surface area contributed by atoms with Gasteiger partial charge in [0.2, 0.25) is 11.8 Å². The third-order valence-electron chi connectivity index (χ3n) is 3.91. The van der Waals surface area contributed by atoms with Crippen LogP contribution in [0.1, 0.15) is 17.3 Å². The number of amidine groups is 1. The van der Waals surface area contributed by atoms with E-state index >= 15 is 0 Å². The summed E-state index contributed by atoms with van der Waals surface area (Å²) in [7, 11) is 0. The molecule has 0 fully saturated rings. The van der Waals surface area contributed by atoms with Gasteiger partial charge in [-0.2, -0.15) is 9.97 Å². The van der Waals surface area contributed by atoms with Gasteiger partial charge >= 0.3 is 0 Å². The van der Waals surface area contributed by atoms with Crippen molar-refractivity contribution in [1.29, 1.82) is 0 Å². The van der Waals surface area contributed by atoms with Gasteiger partial charge in [0.05, 0.1) is 17.1 Å². The Morgan fingerprint density at radius 2 is 2.21 bits per heavy atom. The average molecular weight is 417 g/mol. The summed E-state index contributed by atoms with van der Waals surface area (Å²) in [5, 5.41) is 22.4. The normalized spacial score (nSPS) is 11.8. The van der Waals surface area contributed by atoms with Crippen molar-refractivity contribution in [2.24, 2.45) is 5.16 Å². The van der Waals surface area contributed by atoms with Crippen LogP contribution < -0.4 is 10.6 Å². The Bertz CT molecular complexity index is 1210. The summed E-state index contributed by atoms with van der Waals surface area (Å²) < 4.78 is 18.4. The number of anilines is 2. The molecule has 0 radical (unpaired) electrons. The van der Waals surface area contributed by atoms with Crippen LogP contribution in [-0.2, 0) is 6.54 Å². The molecule has 29 heavy (non-hydrogen) atoms. The van der Waals surface area contributed by atoms with Crippen LogP contribution >= 0.6 is 11.6 Å². The second kappa shape index (κ2) is 7.72. The highest BCUT2D eigenvalue weighted by atomic mass is 35.5. The molecule has 12 heteroatoms. The third kappa shape index (κ3) is 3.94. The fourth-order valence-corrected chi connectivity index (χ4v) is 2.80. The maximum atomic E-state index is 13.4. The van der Waals surface area contributed by atoms with Gasteiger partial charge in [0.25, 0.3) is 0 Å². The smallest absolute Gasteiger partial charge is 0.246 e. The minimum Gasteiger partial charge on any atom is -0.409 e. The number of halogens is 2. The maximum absolute atomic E-state index is 13.4. The summed E-state index contributed by atoms with van der Waals surface area (Å²) in [5.74, 6) is 0.905. The SMILES string of the molecule is Cc1noc(CNc2nc3nccc(/C(=N/O)Nc4ccc(F)c(Cl)c4)c3[nH]2)n1. The van der Waals surface area contributed by atoms with Gasteiger partial charge < -0.3 is 25.3 Å². The van der Waals surface area contributed by atoms with E-state index in [1.807, 2.05) is 0 Å². The van der Waals surface area contributed by atoms with Crippen LogP contribution in [-0.4, -0.2) is 36.1 Å². The lowest BCUT2D eigenvalue weighted by Gasteiger charge is -2.09. The van der Waals surface area contributed by atoms with Crippen molar-refractivity contribution >= 4 is 40.2 Å². The standard InChI is InChI=1S/C17H14ClFN8O2/c1-8-22-13(29-27-8)7-21-17-24-14-10(4-5-20-16(14)25-17)15(26-28)23-9-2-3-12(19)11(18)6-9/h2-6,28H,7H2,1H3,(H,23,26)(H2,20,21,24,25). The zero-order valence-electron chi connectivity index (χ0n) is 14.9. The molecule has 0 amide bonds. The second-order valence-electron chi connectivity index (χ2n) is 5.93. The number of aryl methyl sites for hydroxylation is 1. The predicted molar refractivity (Wildman–Crippen MR) is 104 cm³/mol. The molecule has 0 unspecified atom stereocenters. The number of hydrogen-bond acceptors (Lipinski definition) is 8. The molecule has 4 aromatic rings. The van der Waals surface area contributed by atoms with Crippen molar-refractivity contribution in [3.05, 3.63) is 58.6 Å². The Morgan fingerprint density at radius 1 is 1.34 bits per heavy atom. The molecule has 3 aromatic heterocycles. The van der Waals surface area contributed by atoms with Gasteiger partial charge in [-0.15, -0.1) is 0 Å². The number of pyridine rings is 1. The molecule has 0 spiro atoms. The van der Waals surface area contributed by atoms with Crippen molar-refractivity contribution in [2.75, 3.05) is 10.6 Å². The molecule has 0 saturated heterocycles. The number of hydrogen-bond donors (Lipinski definition) is 4. The van der Waals surface area contributed by atoms with E-state index in [4.69, 9.17) is 16.1 Å². The van der Waals surface area contributed by atoms with Crippen molar-refractivity contribution in [1.82, 2.24) is 25.1 Å². The van der Waals surface area contributed by atoms with Gasteiger partial charge in [0, 0.05) is 17.4 Å². The molecule has 1 aromatic carbocycles. The highest BCUT2D eigenvalue weighted by Gasteiger charge is 2.15. The number of fused-ring (bicyclic) bond motifs is 1. The van der Waals surface area contributed by atoms with Crippen LogP contribution in [0.5, 0.6) is 0 Å². The maximum Gasteiger partial charge on any atom is 0.246 e. The Labute approximate surface area is 167 Å². The van der Waals surface area contributed by atoms with E-state index in [9.17, 15) is 9.60 Å². The summed E-state index contributed by atoms with van der Waals surface area (Å²) >= 11 is 5.80. The molecule has 0 aliphatic carbocycles. The highest BCUT2D eigenvalue weighted by molar-refractivity contribution is 6.31. The minimum atomic E-state index is -0.549. The van der Waals surface area contributed by atoms with E-state index in [1.54, 1.807) is 13.0 Å². The van der Waals surface area contributed by atoms with E-state index < -0.39 is 5.82 Å². The van der Waals surface area contributed by atoms with Gasteiger partial charge in [-0.25, -0.2) is 9.37 Å². The van der Waals surface area contributed by atoms with Crippen LogP contribution in [0.2, 0.25) is 5.02 Å². The van der Waals surface area contributed by atoms with Crippen LogP contribution in [0, 0.1) is 12.7 Å². The number of oxime groups is 1. The van der Waals surface area contributed by atoms with Crippen molar-refractivity contribution in [3.8, 4) is 0 Å².